The first-order valence-corrected chi connectivity index (χ1v) is 8.36. The fraction of sp³-hybridized carbons (Fsp3) is 0.368. The number of likely N-dealkylation sites (tertiary alicyclic amines) is 1. The number of amides is 1. The van der Waals surface area contributed by atoms with E-state index in [0.29, 0.717) is 18.5 Å². The maximum Gasteiger partial charge on any atom is 0.223 e. The molecule has 1 fully saturated rings. The Morgan fingerprint density at radius 2 is 2.12 bits per heavy atom. The van der Waals surface area contributed by atoms with E-state index in [2.05, 4.69) is 10.3 Å². The summed E-state index contributed by atoms with van der Waals surface area (Å²) in [4.78, 5) is 18.0. The summed E-state index contributed by atoms with van der Waals surface area (Å²) in [5.74, 6) is -0.124. The molecular formula is C19H22FN3O. The van der Waals surface area contributed by atoms with E-state index in [9.17, 15) is 9.18 Å². The first-order valence-electron chi connectivity index (χ1n) is 8.36. The van der Waals surface area contributed by atoms with Crippen LogP contribution in [-0.4, -0.2) is 28.4 Å². The fourth-order valence-electron chi connectivity index (χ4n) is 3.12. The molecule has 0 radical (unpaired) electrons. The predicted octanol–water partition coefficient (Wildman–Crippen LogP) is 2.89. The molecule has 0 unspecified atom stereocenters. The molecule has 1 amide bonds. The lowest BCUT2D eigenvalue weighted by atomic mass is 10.1. The summed E-state index contributed by atoms with van der Waals surface area (Å²) in [5, 5.41) is 3.39. The van der Waals surface area contributed by atoms with Crippen molar-refractivity contribution in [2.45, 2.75) is 38.4 Å². The van der Waals surface area contributed by atoms with Gasteiger partial charge in [-0.25, -0.2) is 4.39 Å². The van der Waals surface area contributed by atoms with Crippen molar-refractivity contribution < 1.29 is 9.18 Å². The molecule has 3 rings (SSSR count). The number of carbonyl (C=O) groups is 1. The topological polar surface area (TPSA) is 45.2 Å². The van der Waals surface area contributed by atoms with Gasteiger partial charge in [0.1, 0.15) is 5.82 Å². The van der Waals surface area contributed by atoms with Gasteiger partial charge in [-0.15, -0.1) is 0 Å². The highest BCUT2D eigenvalue weighted by atomic mass is 19.1. The normalized spacial score (nSPS) is 17.5. The minimum atomic E-state index is -0.245. The van der Waals surface area contributed by atoms with Gasteiger partial charge < -0.3 is 10.2 Å². The second kappa shape index (κ2) is 8.02. The number of nitrogens with one attached hydrogen (secondary N) is 1. The third-order valence-electron chi connectivity index (χ3n) is 4.46. The molecule has 0 saturated carbocycles. The maximum absolute atomic E-state index is 13.8. The SMILES string of the molecule is O=C1CC[C@H](CCNCc2cccnc2)N1Cc1ccccc1F. The van der Waals surface area contributed by atoms with Gasteiger partial charge in [-0.05, 0) is 37.1 Å². The van der Waals surface area contributed by atoms with Gasteiger partial charge in [0.15, 0.2) is 0 Å². The van der Waals surface area contributed by atoms with E-state index < -0.39 is 0 Å². The number of hydrogen-bond donors (Lipinski definition) is 1. The van der Waals surface area contributed by atoms with Gasteiger partial charge in [-0.1, -0.05) is 24.3 Å². The zero-order valence-electron chi connectivity index (χ0n) is 13.6. The van der Waals surface area contributed by atoms with Crippen LogP contribution < -0.4 is 5.32 Å². The summed E-state index contributed by atoms with van der Waals surface area (Å²) < 4.78 is 13.8. The summed E-state index contributed by atoms with van der Waals surface area (Å²) >= 11 is 0. The van der Waals surface area contributed by atoms with Crippen molar-refractivity contribution in [1.29, 1.82) is 0 Å². The Morgan fingerprint density at radius 1 is 1.25 bits per heavy atom. The highest BCUT2D eigenvalue weighted by molar-refractivity contribution is 5.78. The molecule has 1 saturated heterocycles. The summed E-state index contributed by atoms with van der Waals surface area (Å²) in [6, 6.07) is 10.8. The minimum Gasteiger partial charge on any atom is -0.335 e. The van der Waals surface area contributed by atoms with Gasteiger partial charge in [-0.3, -0.25) is 9.78 Å². The van der Waals surface area contributed by atoms with Crippen LogP contribution in [0.3, 0.4) is 0 Å². The summed E-state index contributed by atoms with van der Waals surface area (Å²) in [5.41, 5.74) is 1.73. The highest BCUT2D eigenvalue weighted by Gasteiger charge is 2.30. The quantitative estimate of drug-likeness (QED) is 0.795. The van der Waals surface area contributed by atoms with Crippen LogP contribution in [0.15, 0.2) is 48.8 Å². The van der Waals surface area contributed by atoms with Crippen molar-refractivity contribution >= 4 is 5.91 Å². The van der Waals surface area contributed by atoms with Crippen molar-refractivity contribution in [1.82, 2.24) is 15.2 Å². The number of carbonyl (C=O) groups excluding carboxylic acids is 1. The van der Waals surface area contributed by atoms with Gasteiger partial charge in [0.2, 0.25) is 5.91 Å². The van der Waals surface area contributed by atoms with Crippen LogP contribution in [0.4, 0.5) is 4.39 Å². The van der Waals surface area contributed by atoms with Crippen LogP contribution in [0.5, 0.6) is 0 Å². The van der Waals surface area contributed by atoms with Gasteiger partial charge in [0, 0.05) is 43.5 Å². The second-order valence-corrected chi connectivity index (χ2v) is 6.13. The van der Waals surface area contributed by atoms with Crippen LogP contribution in [0.25, 0.3) is 0 Å². The van der Waals surface area contributed by atoms with Crippen LogP contribution in [0.2, 0.25) is 0 Å². The van der Waals surface area contributed by atoms with Crippen molar-refractivity contribution in [3.8, 4) is 0 Å². The monoisotopic (exact) mass is 327 g/mol. The Hall–Kier alpha value is -2.27. The van der Waals surface area contributed by atoms with Gasteiger partial charge >= 0.3 is 0 Å². The molecule has 1 aliphatic rings. The average molecular weight is 327 g/mol. The molecule has 0 spiro atoms. The van der Waals surface area contributed by atoms with E-state index in [-0.39, 0.29) is 17.8 Å². The Balaban J connectivity index is 1.51. The summed E-state index contributed by atoms with van der Waals surface area (Å²) in [7, 11) is 0. The molecule has 24 heavy (non-hydrogen) atoms. The molecule has 5 heteroatoms. The molecule has 2 heterocycles. The smallest absolute Gasteiger partial charge is 0.223 e. The number of rotatable bonds is 7. The van der Waals surface area contributed by atoms with E-state index in [0.717, 1.165) is 31.5 Å². The predicted molar refractivity (Wildman–Crippen MR) is 90.5 cm³/mol. The van der Waals surface area contributed by atoms with Crippen molar-refractivity contribution in [3.63, 3.8) is 0 Å². The Bertz CT molecular complexity index is 677. The lowest BCUT2D eigenvalue weighted by Crippen LogP contribution is -2.34. The summed E-state index contributed by atoms with van der Waals surface area (Å²) in [6.07, 6.45) is 5.88. The molecular weight excluding hydrogens is 305 g/mol. The molecule has 0 bridgehead atoms. The van der Waals surface area contributed by atoms with Crippen molar-refractivity contribution in [2.75, 3.05) is 6.54 Å². The van der Waals surface area contributed by atoms with Crippen molar-refractivity contribution in [2.24, 2.45) is 0 Å². The third kappa shape index (κ3) is 4.17. The molecule has 1 N–H and O–H groups in total. The standard InChI is InChI=1S/C19H22FN3O/c20-18-6-2-1-5-16(18)14-23-17(7-8-19(23)24)9-11-22-13-15-4-3-10-21-12-15/h1-6,10,12,17,22H,7-9,11,13-14H2/t17-/m1/s1. The van der Waals surface area contributed by atoms with Crippen molar-refractivity contribution in [3.05, 3.63) is 65.7 Å². The number of pyridine rings is 1. The number of aromatic nitrogens is 1. The number of hydrogen-bond acceptors (Lipinski definition) is 3. The molecule has 1 aromatic heterocycles. The van der Waals surface area contributed by atoms with E-state index in [1.165, 1.54) is 6.07 Å². The molecule has 2 aromatic rings. The largest absolute Gasteiger partial charge is 0.335 e. The minimum absolute atomic E-state index is 0.121. The van der Waals surface area contributed by atoms with Crippen LogP contribution >= 0.6 is 0 Å². The third-order valence-corrected chi connectivity index (χ3v) is 4.46. The van der Waals surface area contributed by atoms with E-state index in [1.54, 1.807) is 18.3 Å². The van der Waals surface area contributed by atoms with E-state index >= 15 is 0 Å². The molecule has 4 nitrogen and oxygen atoms in total. The fourth-order valence-corrected chi connectivity index (χ4v) is 3.12. The number of benzene rings is 1. The number of halogens is 1. The Morgan fingerprint density at radius 3 is 2.92 bits per heavy atom. The van der Waals surface area contributed by atoms with Crippen LogP contribution in [-0.2, 0) is 17.9 Å². The Kier molecular flexibility index (Phi) is 5.54. The molecule has 126 valence electrons. The second-order valence-electron chi connectivity index (χ2n) is 6.13. The summed E-state index contributed by atoms with van der Waals surface area (Å²) in [6.45, 7) is 1.95. The van der Waals surface area contributed by atoms with Gasteiger partial charge in [0.25, 0.3) is 0 Å². The first kappa shape index (κ1) is 16.6. The molecule has 0 aliphatic carbocycles. The molecule has 1 atom stereocenters. The lowest BCUT2D eigenvalue weighted by Gasteiger charge is -2.25. The first-order chi connectivity index (χ1) is 11.7. The zero-order chi connectivity index (χ0) is 16.8. The van der Waals surface area contributed by atoms with E-state index in [1.807, 2.05) is 29.3 Å². The Labute approximate surface area is 141 Å². The van der Waals surface area contributed by atoms with Crippen LogP contribution in [0.1, 0.15) is 30.4 Å². The average Bonchev–Trinajstić information content (AvgIpc) is 2.95. The number of nitrogens with zero attached hydrogens (tertiary/aromatic N) is 2. The molecule has 1 aliphatic heterocycles. The molecule has 1 aromatic carbocycles. The van der Waals surface area contributed by atoms with Gasteiger partial charge in [0.05, 0.1) is 0 Å². The van der Waals surface area contributed by atoms with Crippen LogP contribution in [0, 0.1) is 5.82 Å². The maximum atomic E-state index is 13.8. The lowest BCUT2D eigenvalue weighted by molar-refractivity contribution is -0.129. The van der Waals surface area contributed by atoms with Gasteiger partial charge in [-0.2, -0.15) is 0 Å². The highest BCUT2D eigenvalue weighted by Crippen LogP contribution is 2.24. The van der Waals surface area contributed by atoms with E-state index in [4.69, 9.17) is 0 Å². The zero-order valence-corrected chi connectivity index (χ0v) is 13.6.